The molecule has 0 heterocycles. The minimum Gasteiger partial charge on any atom is -0.384 e. The van der Waals surface area contributed by atoms with Crippen LogP contribution in [0.5, 0.6) is 0 Å². The van der Waals surface area contributed by atoms with Gasteiger partial charge in [0.05, 0.1) is 6.61 Å². The number of ether oxygens (including phenoxy) is 1. The molecule has 0 aromatic carbocycles. The van der Waals surface area contributed by atoms with E-state index in [9.17, 15) is 0 Å². The van der Waals surface area contributed by atoms with Crippen LogP contribution in [0.1, 0.15) is 20.8 Å². The van der Waals surface area contributed by atoms with Gasteiger partial charge >= 0.3 is 0 Å². The first-order valence-corrected chi connectivity index (χ1v) is 5.53. The standard InChI is InChI=1S/C9H21NOS/c1-9(2,3)10-5-7-12-8-6-11-4/h10H,5-8H2,1-4H3. The lowest BCUT2D eigenvalue weighted by Gasteiger charge is -2.20. The van der Waals surface area contributed by atoms with Crippen LogP contribution in [-0.4, -0.2) is 37.3 Å². The average molecular weight is 191 g/mol. The number of rotatable bonds is 6. The third-order valence-electron chi connectivity index (χ3n) is 1.33. The highest BCUT2D eigenvalue weighted by atomic mass is 32.2. The second-order valence-corrected chi connectivity index (χ2v) is 5.01. The summed E-state index contributed by atoms with van der Waals surface area (Å²) in [6.07, 6.45) is 0. The molecule has 2 nitrogen and oxygen atoms in total. The maximum atomic E-state index is 4.95. The van der Waals surface area contributed by atoms with Gasteiger partial charge in [0.25, 0.3) is 0 Å². The summed E-state index contributed by atoms with van der Waals surface area (Å²) in [5, 5.41) is 3.44. The van der Waals surface area contributed by atoms with Crippen molar-refractivity contribution in [2.24, 2.45) is 0 Å². The molecular weight excluding hydrogens is 170 g/mol. The summed E-state index contributed by atoms with van der Waals surface area (Å²) in [7, 11) is 1.74. The topological polar surface area (TPSA) is 21.3 Å². The molecule has 0 saturated carbocycles. The molecule has 0 aliphatic heterocycles. The number of hydrogen-bond acceptors (Lipinski definition) is 3. The summed E-state index contributed by atoms with van der Waals surface area (Å²) in [4.78, 5) is 0. The fraction of sp³-hybridized carbons (Fsp3) is 1.00. The first-order chi connectivity index (χ1) is 5.56. The van der Waals surface area contributed by atoms with Gasteiger partial charge in [-0.1, -0.05) is 0 Å². The van der Waals surface area contributed by atoms with Crippen molar-refractivity contribution in [1.29, 1.82) is 0 Å². The molecule has 0 amide bonds. The summed E-state index contributed by atoms with van der Waals surface area (Å²) in [6.45, 7) is 8.50. The predicted octanol–water partition coefficient (Wildman–Crippen LogP) is 1.75. The molecular formula is C9H21NOS. The normalized spacial score (nSPS) is 12.0. The molecule has 0 aliphatic rings. The van der Waals surface area contributed by atoms with Crippen LogP contribution < -0.4 is 5.32 Å². The van der Waals surface area contributed by atoms with E-state index in [4.69, 9.17) is 4.74 Å². The lowest BCUT2D eigenvalue weighted by Crippen LogP contribution is -2.37. The van der Waals surface area contributed by atoms with Crippen LogP contribution >= 0.6 is 11.8 Å². The zero-order chi connectivity index (χ0) is 9.45. The van der Waals surface area contributed by atoms with E-state index in [0.717, 1.165) is 18.9 Å². The maximum absolute atomic E-state index is 4.95. The molecule has 12 heavy (non-hydrogen) atoms. The van der Waals surface area contributed by atoms with Gasteiger partial charge in [0.2, 0.25) is 0 Å². The number of hydrogen-bond donors (Lipinski definition) is 1. The minimum absolute atomic E-state index is 0.252. The van der Waals surface area contributed by atoms with Gasteiger partial charge in [-0.2, -0.15) is 11.8 Å². The first-order valence-electron chi connectivity index (χ1n) is 4.38. The molecule has 74 valence electrons. The van der Waals surface area contributed by atoms with Crippen LogP contribution in [0.2, 0.25) is 0 Å². The van der Waals surface area contributed by atoms with Gasteiger partial charge in [-0.3, -0.25) is 0 Å². The van der Waals surface area contributed by atoms with Crippen LogP contribution in [0, 0.1) is 0 Å². The fourth-order valence-corrected chi connectivity index (χ4v) is 1.48. The molecule has 0 fully saturated rings. The van der Waals surface area contributed by atoms with Crippen molar-refractivity contribution in [3.05, 3.63) is 0 Å². The molecule has 0 saturated heterocycles. The number of thioether (sulfide) groups is 1. The quantitative estimate of drug-likeness (QED) is 0.646. The summed E-state index contributed by atoms with van der Waals surface area (Å²) >= 11 is 1.93. The average Bonchev–Trinajstić information content (AvgIpc) is 1.94. The van der Waals surface area contributed by atoms with Gasteiger partial charge in [-0.25, -0.2) is 0 Å². The van der Waals surface area contributed by atoms with E-state index in [-0.39, 0.29) is 5.54 Å². The van der Waals surface area contributed by atoms with E-state index in [1.807, 2.05) is 11.8 Å². The first kappa shape index (κ1) is 12.3. The molecule has 0 rings (SSSR count). The molecule has 0 atom stereocenters. The summed E-state index contributed by atoms with van der Waals surface area (Å²) in [6, 6.07) is 0. The fourth-order valence-electron chi connectivity index (χ4n) is 0.743. The van der Waals surface area contributed by atoms with Gasteiger partial charge in [-0.15, -0.1) is 0 Å². The zero-order valence-corrected chi connectivity index (χ0v) is 9.46. The van der Waals surface area contributed by atoms with Crippen LogP contribution in [0.25, 0.3) is 0 Å². The Morgan fingerprint density at radius 2 is 1.92 bits per heavy atom. The van der Waals surface area contributed by atoms with Crippen molar-refractivity contribution in [1.82, 2.24) is 5.32 Å². The van der Waals surface area contributed by atoms with E-state index in [2.05, 4.69) is 26.1 Å². The van der Waals surface area contributed by atoms with E-state index in [1.54, 1.807) is 7.11 Å². The van der Waals surface area contributed by atoms with Crippen molar-refractivity contribution in [3.8, 4) is 0 Å². The second kappa shape index (κ2) is 6.75. The summed E-state index contributed by atoms with van der Waals surface area (Å²) < 4.78 is 4.95. The van der Waals surface area contributed by atoms with Gasteiger partial charge in [0.15, 0.2) is 0 Å². The van der Waals surface area contributed by atoms with Crippen LogP contribution in [0.3, 0.4) is 0 Å². The Hall–Kier alpha value is 0.270. The van der Waals surface area contributed by atoms with Crippen molar-refractivity contribution in [2.45, 2.75) is 26.3 Å². The number of methoxy groups -OCH3 is 1. The smallest absolute Gasteiger partial charge is 0.0552 e. The Morgan fingerprint density at radius 1 is 1.25 bits per heavy atom. The largest absolute Gasteiger partial charge is 0.384 e. The highest BCUT2D eigenvalue weighted by molar-refractivity contribution is 7.99. The highest BCUT2D eigenvalue weighted by Gasteiger charge is 2.06. The molecule has 1 N–H and O–H groups in total. The molecule has 0 spiro atoms. The van der Waals surface area contributed by atoms with E-state index in [1.165, 1.54) is 5.75 Å². The molecule has 0 aliphatic carbocycles. The van der Waals surface area contributed by atoms with Crippen molar-refractivity contribution < 1.29 is 4.74 Å². The Kier molecular flexibility index (Phi) is 6.90. The van der Waals surface area contributed by atoms with Crippen LogP contribution in [0.15, 0.2) is 0 Å². The molecule has 0 aromatic heterocycles. The Labute approximate surface area is 80.4 Å². The van der Waals surface area contributed by atoms with Crippen LogP contribution in [-0.2, 0) is 4.74 Å². The van der Waals surface area contributed by atoms with Crippen molar-refractivity contribution >= 4 is 11.8 Å². The number of nitrogens with one attached hydrogen (secondary N) is 1. The Morgan fingerprint density at radius 3 is 2.42 bits per heavy atom. The maximum Gasteiger partial charge on any atom is 0.0552 e. The van der Waals surface area contributed by atoms with Gasteiger partial charge in [0, 0.05) is 30.7 Å². The van der Waals surface area contributed by atoms with E-state index in [0.29, 0.717) is 0 Å². The van der Waals surface area contributed by atoms with Gasteiger partial charge in [0.1, 0.15) is 0 Å². The van der Waals surface area contributed by atoms with E-state index < -0.39 is 0 Å². The molecule has 0 unspecified atom stereocenters. The molecule has 0 radical (unpaired) electrons. The lowest BCUT2D eigenvalue weighted by molar-refractivity contribution is 0.218. The molecule has 0 aromatic rings. The van der Waals surface area contributed by atoms with E-state index >= 15 is 0 Å². The molecule has 3 heteroatoms. The highest BCUT2D eigenvalue weighted by Crippen LogP contribution is 2.01. The third kappa shape index (κ3) is 10.3. The van der Waals surface area contributed by atoms with Crippen molar-refractivity contribution in [2.75, 3.05) is 31.8 Å². The van der Waals surface area contributed by atoms with Crippen molar-refractivity contribution in [3.63, 3.8) is 0 Å². The Bertz CT molecular complexity index is 101. The predicted molar refractivity (Wildman–Crippen MR) is 57.0 cm³/mol. The van der Waals surface area contributed by atoms with Gasteiger partial charge in [-0.05, 0) is 20.8 Å². The molecule has 0 bridgehead atoms. The summed E-state index contributed by atoms with van der Waals surface area (Å²) in [5.41, 5.74) is 0.252. The monoisotopic (exact) mass is 191 g/mol. The minimum atomic E-state index is 0.252. The van der Waals surface area contributed by atoms with Crippen LogP contribution in [0.4, 0.5) is 0 Å². The lowest BCUT2D eigenvalue weighted by atomic mass is 10.1. The van der Waals surface area contributed by atoms with Gasteiger partial charge < -0.3 is 10.1 Å². The SMILES string of the molecule is COCCSCCNC(C)(C)C. The Balaban J connectivity index is 3.01. The summed E-state index contributed by atoms with van der Waals surface area (Å²) in [5.74, 6) is 2.27. The second-order valence-electron chi connectivity index (χ2n) is 3.78. The third-order valence-corrected chi connectivity index (χ3v) is 2.28. The zero-order valence-electron chi connectivity index (χ0n) is 8.64.